The second-order valence-electron chi connectivity index (χ2n) is 6.58. The van der Waals surface area contributed by atoms with Gasteiger partial charge in [0.15, 0.2) is 0 Å². The SMILES string of the molecule is COc1ccc(-c2cncc(C(=O)N3CCCC(C(C)O)C3)c2)cc1. The van der Waals surface area contributed by atoms with Crippen LogP contribution in [0.25, 0.3) is 11.1 Å². The van der Waals surface area contributed by atoms with Crippen molar-refractivity contribution in [2.75, 3.05) is 20.2 Å². The number of methoxy groups -OCH3 is 1. The van der Waals surface area contributed by atoms with Gasteiger partial charge in [0.25, 0.3) is 5.91 Å². The highest BCUT2D eigenvalue weighted by Crippen LogP contribution is 2.25. The van der Waals surface area contributed by atoms with Crippen molar-refractivity contribution in [3.63, 3.8) is 0 Å². The van der Waals surface area contributed by atoms with Crippen LogP contribution in [-0.2, 0) is 0 Å². The number of carbonyl (C=O) groups is 1. The van der Waals surface area contributed by atoms with E-state index in [1.165, 1.54) is 0 Å². The molecule has 1 fully saturated rings. The molecule has 1 aliphatic rings. The first-order valence-electron chi connectivity index (χ1n) is 8.65. The minimum absolute atomic E-state index is 0.0202. The first-order valence-corrected chi connectivity index (χ1v) is 8.65. The van der Waals surface area contributed by atoms with Gasteiger partial charge in [-0.15, -0.1) is 0 Å². The van der Waals surface area contributed by atoms with E-state index >= 15 is 0 Å². The summed E-state index contributed by atoms with van der Waals surface area (Å²) in [4.78, 5) is 18.9. The number of aliphatic hydroxyl groups excluding tert-OH is 1. The molecule has 5 nitrogen and oxygen atoms in total. The zero-order valence-electron chi connectivity index (χ0n) is 14.7. The topological polar surface area (TPSA) is 62.7 Å². The molecule has 1 saturated heterocycles. The number of hydrogen-bond acceptors (Lipinski definition) is 4. The third-order valence-electron chi connectivity index (χ3n) is 4.84. The third kappa shape index (κ3) is 3.99. The second kappa shape index (κ2) is 7.66. The van der Waals surface area contributed by atoms with Crippen molar-refractivity contribution < 1.29 is 14.6 Å². The number of pyridine rings is 1. The van der Waals surface area contributed by atoms with Crippen LogP contribution >= 0.6 is 0 Å². The Hall–Kier alpha value is -2.40. The molecule has 5 heteroatoms. The zero-order chi connectivity index (χ0) is 17.8. The molecule has 0 aliphatic carbocycles. The Labute approximate surface area is 148 Å². The number of rotatable bonds is 4. The fraction of sp³-hybridized carbons (Fsp3) is 0.400. The van der Waals surface area contributed by atoms with Gasteiger partial charge in [0, 0.05) is 37.0 Å². The van der Waals surface area contributed by atoms with E-state index in [1.807, 2.05) is 35.2 Å². The fourth-order valence-electron chi connectivity index (χ4n) is 3.27. The van der Waals surface area contributed by atoms with Crippen LogP contribution < -0.4 is 4.74 Å². The maximum absolute atomic E-state index is 12.8. The van der Waals surface area contributed by atoms with Gasteiger partial charge in [-0.3, -0.25) is 9.78 Å². The number of hydrogen-bond donors (Lipinski definition) is 1. The Morgan fingerprint density at radius 1 is 1.28 bits per heavy atom. The lowest BCUT2D eigenvalue weighted by Gasteiger charge is -2.34. The van der Waals surface area contributed by atoms with E-state index in [0.29, 0.717) is 12.1 Å². The molecule has 1 aromatic carbocycles. The molecule has 0 bridgehead atoms. The highest BCUT2D eigenvalue weighted by molar-refractivity contribution is 5.95. The lowest BCUT2D eigenvalue weighted by atomic mass is 9.93. The minimum Gasteiger partial charge on any atom is -0.497 e. The maximum atomic E-state index is 12.8. The summed E-state index contributed by atoms with van der Waals surface area (Å²) >= 11 is 0. The molecule has 1 aliphatic heterocycles. The molecule has 1 aromatic heterocycles. The van der Waals surface area contributed by atoms with Crippen molar-refractivity contribution in [3.05, 3.63) is 48.3 Å². The number of nitrogens with zero attached hydrogens (tertiary/aromatic N) is 2. The number of aliphatic hydroxyl groups is 1. The van der Waals surface area contributed by atoms with Crippen LogP contribution in [0.1, 0.15) is 30.1 Å². The van der Waals surface area contributed by atoms with E-state index < -0.39 is 0 Å². The lowest BCUT2D eigenvalue weighted by Crippen LogP contribution is -2.43. The van der Waals surface area contributed by atoms with Crippen molar-refractivity contribution >= 4 is 5.91 Å². The summed E-state index contributed by atoms with van der Waals surface area (Å²) in [7, 11) is 1.63. The van der Waals surface area contributed by atoms with E-state index in [0.717, 1.165) is 36.3 Å². The third-order valence-corrected chi connectivity index (χ3v) is 4.84. The van der Waals surface area contributed by atoms with Crippen LogP contribution in [-0.4, -0.2) is 47.2 Å². The predicted molar refractivity (Wildman–Crippen MR) is 96.5 cm³/mol. The number of benzene rings is 1. The highest BCUT2D eigenvalue weighted by Gasteiger charge is 2.27. The first kappa shape index (κ1) is 17.4. The number of ether oxygens (including phenoxy) is 1. The molecule has 2 atom stereocenters. The average molecular weight is 340 g/mol. The minimum atomic E-state index is -0.389. The van der Waals surface area contributed by atoms with E-state index in [2.05, 4.69) is 4.98 Å². The van der Waals surface area contributed by atoms with E-state index in [1.54, 1.807) is 26.4 Å². The summed E-state index contributed by atoms with van der Waals surface area (Å²) in [6, 6.07) is 9.56. The number of likely N-dealkylation sites (tertiary alicyclic amines) is 1. The molecule has 25 heavy (non-hydrogen) atoms. The molecule has 0 spiro atoms. The predicted octanol–water partition coefficient (Wildman–Crippen LogP) is 2.99. The Kier molecular flexibility index (Phi) is 5.34. The number of piperidine rings is 1. The molecule has 1 amide bonds. The quantitative estimate of drug-likeness (QED) is 0.929. The van der Waals surface area contributed by atoms with E-state index in [-0.39, 0.29) is 17.9 Å². The van der Waals surface area contributed by atoms with Gasteiger partial charge in [0.1, 0.15) is 5.75 Å². The van der Waals surface area contributed by atoms with Gasteiger partial charge in [0.05, 0.1) is 18.8 Å². The van der Waals surface area contributed by atoms with Gasteiger partial charge in [-0.05, 0) is 43.5 Å². The van der Waals surface area contributed by atoms with Crippen LogP contribution in [0.5, 0.6) is 5.75 Å². The summed E-state index contributed by atoms with van der Waals surface area (Å²) < 4.78 is 5.18. The summed E-state index contributed by atoms with van der Waals surface area (Å²) in [6.07, 6.45) is 4.87. The van der Waals surface area contributed by atoms with Crippen LogP contribution in [0.15, 0.2) is 42.7 Å². The molecule has 2 unspecified atom stereocenters. The normalized spacial score (nSPS) is 18.7. The molecule has 0 saturated carbocycles. The molecule has 0 radical (unpaired) electrons. The van der Waals surface area contributed by atoms with Gasteiger partial charge < -0.3 is 14.7 Å². The van der Waals surface area contributed by atoms with Crippen molar-refractivity contribution in [3.8, 4) is 16.9 Å². The molecular weight excluding hydrogens is 316 g/mol. The van der Waals surface area contributed by atoms with Crippen LogP contribution in [0.3, 0.4) is 0 Å². The summed E-state index contributed by atoms with van der Waals surface area (Å²) in [5.41, 5.74) is 2.47. The van der Waals surface area contributed by atoms with Gasteiger partial charge in [-0.1, -0.05) is 12.1 Å². The summed E-state index contributed by atoms with van der Waals surface area (Å²) in [6.45, 7) is 3.13. The number of carbonyl (C=O) groups excluding carboxylic acids is 1. The zero-order valence-corrected chi connectivity index (χ0v) is 14.7. The number of amides is 1. The second-order valence-corrected chi connectivity index (χ2v) is 6.58. The lowest BCUT2D eigenvalue weighted by molar-refractivity contribution is 0.0466. The fourth-order valence-corrected chi connectivity index (χ4v) is 3.27. The molecule has 2 aromatic rings. The molecular formula is C20H24N2O3. The van der Waals surface area contributed by atoms with Crippen molar-refractivity contribution in [2.24, 2.45) is 5.92 Å². The Bertz CT molecular complexity index is 728. The Balaban J connectivity index is 1.79. The van der Waals surface area contributed by atoms with Crippen LogP contribution in [0.2, 0.25) is 0 Å². The highest BCUT2D eigenvalue weighted by atomic mass is 16.5. The Morgan fingerprint density at radius 2 is 2.04 bits per heavy atom. The largest absolute Gasteiger partial charge is 0.497 e. The summed E-state index contributed by atoms with van der Waals surface area (Å²) in [5.74, 6) is 0.921. The molecule has 1 N–H and O–H groups in total. The molecule has 132 valence electrons. The number of aromatic nitrogens is 1. The van der Waals surface area contributed by atoms with Crippen molar-refractivity contribution in [1.82, 2.24) is 9.88 Å². The van der Waals surface area contributed by atoms with Gasteiger partial charge in [0.2, 0.25) is 0 Å². The van der Waals surface area contributed by atoms with E-state index in [4.69, 9.17) is 4.74 Å². The van der Waals surface area contributed by atoms with Crippen molar-refractivity contribution in [1.29, 1.82) is 0 Å². The van der Waals surface area contributed by atoms with Crippen molar-refractivity contribution in [2.45, 2.75) is 25.9 Å². The smallest absolute Gasteiger partial charge is 0.255 e. The van der Waals surface area contributed by atoms with Gasteiger partial charge >= 0.3 is 0 Å². The Morgan fingerprint density at radius 3 is 2.72 bits per heavy atom. The maximum Gasteiger partial charge on any atom is 0.255 e. The average Bonchev–Trinajstić information content (AvgIpc) is 2.67. The summed E-state index contributed by atoms with van der Waals surface area (Å²) in [5, 5.41) is 9.82. The van der Waals surface area contributed by atoms with E-state index in [9.17, 15) is 9.90 Å². The molecule has 2 heterocycles. The molecule has 3 rings (SSSR count). The standard InChI is InChI=1S/C20H24N2O3/c1-14(23)16-4-3-9-22(13-16)20(24)18-10-17(11-21-12-18)15-5-7-19(25-2)8-6-15/h5-8,10-12,14,16,23H,3-4,9,13H2,1-2H3. The van der Waals surface area contributed by atoms with Crippen LogP contribution in [0, 0.1) is 5.92 Å². The van der Waals surface area contributed by atoms with Gasteiger partial charge in [-0.25, -0.2) is 0 Å². The van der Waals surface area contributed by atoms with Gasteiger partial charge in [-0.2, -0.15) is 0 Å². The first-order chi connectivity index (χ1) is 12.1. The van der Waals surface area contributed by atoms with Crippen LogP contribution in [0.4, 0.5) is 0 Å². The monoisotopic (exact) mass is 340 g/mol.